The summed E-state index contributed by atoms with van der Waals surface area (Å²) in [6.07, 6.45) is -4.36. The van der Waals surface area contributed by atoms with Crippen LogP contribution in [0.25, 0.3) is 11.1 Å². The molecule has 3 nitrogen and oxygen atoms in total. The summed E-state index contributed by atoms with van der Waals surface area (Å²) in [5.41, 5.74) is 2.16. The number of benzene rings is 3. The fraction of sp³-hybridized carbons (Fsp3) is 0.174. The van der Waals surface area contributed by atoms with Gasteiger partial charge in [-0.3, -0.25) is 4.79 Å². The maximum atomic E-state index is 12.8. The molecule has 0 unspecified atom stereocenters. The van der Waals surface area contributed by atoms with Gasteiger partial charge < -0.3 is 9.47 Å². The molecule has 0 aliphatic rings. The minimum atomic E-state index is -4.39. The van der Waals surface area contributed by atoms with E-state index in [2.05, 4.69) is 0 Å². The van der Waals surface area contributed by atoms with Gasteiger partial charge in [-0.05, 0) is 46.5 Å². The van der Waals surface area contributed by atoms with Gasteiger partial charge in [-0.25, -0.2) is 0 Å². The quantitative estimate of drug-likeness (QED) is 0.501. The molecule has 0 amide bonds. The lowest BCUT2D eigenvalue weighted by molar-refractivity contribution is -0.140. The van der Waals surface area contributed by atoms with Crippen molar-refractivity contribution < 1.29 is 27.4 Å². The highest BCUT2D eigenvalue weighted by Gasteiger charge is 2.30. The van der Waals surface area contributed by atoms with E-state index in [1.54, 1.807) is 18.2 Å². The van der Waals surface area contributed by atoms with Crippen molar-refractivity contribution in [3.63, 3.8) is 0 Å². The monoisotopic (exact) mass is 400 g/mol. The summed E-state index contributed by atoms with van der Waals surface area (Å²) in [6, 6.07) is 19.7. The van der Waals surface area contributed by atoms with Crippen molar-refractivity contribution in [1.29, 1.82) is 0 Å². The van der Waals surface area contributed by atoms with E-state index < -0.39 is 17.7 Å². The van der Waals surface area contributed by atoms with Crippen molar-refractivity contribution in [2.75, 3.05) is 7.11 Å². The Hall–Kier alpha value is -3.28. The van der Waals surface area contributed by atoms with Crippen molar-refractivity contribution in [1.82, 2.24) is 0 Å². The Bertz CT molecular complexity index is 965. The van der Waals surface area contributed by atoms with Crippen LogP contribution in [0.5, 0.6) is 5.75 Å². The number of esters is 1. The van der Waals surface area contributed by atoms with E-state index in [-0.39, 0.29) is 6.42 Å². The number of rotatable bonds is 6. The number of methoxy groups -OCH3 is 1. The zero-order chi connectivity index (χ0) is 20.9. The number of alkyl halides is 3. The van der Waals surface area contributed by atoms with Gasteiger partial charge in [-0.15, -0.1) is 0 Å². The summed E-state index contributed by atoms with van der Waals surface area (Å²) in [4.78, 5) is 11.7. The molecule has 0 fully saturated rings. The van der Waals surface area contributed by atoms with Crippen molar-refractivity contribution >= 4 is 5.97 Å². The molecule has 0 bridgehead atoms. The first-order valence-electron chi connectivity index (χ1n) is 8.90. The van der Waals surface area contributed by atoms with Gasteiger partial charge in [0.15, 0.2) is 0 Å². The molecule has 0 spiro atoms. The van der Waals surface area contributed by atoms with Crippen LogP contribution in [0.2, 0.25) is 0 Å². The molecule has 0 N–H and O–H groups in total. The average molecular weight is 400 g/mol. The van der Waals surface area contributed by atoms with Crippen LogP contribution in [0.1, 0.15) is 16.7 Å². The molecule has 0 saturated carbocycles. The van der Waals surface area contributed by atoms with Crippen molar-refractivity contribution in [3.05, 3.63) is 89.5 Å². The molecule has 0 heterocycles. The first-order valence-corrected chi connectivity index (χ1v) is 8.90. The maximum Gasteiger partial charge on any atom is 0.416 e. The van der Waals surface area contributed by atoms with Crippen LogP contribution in [-0.2, 0) is 28.7 Å². The Labute approximate surface area is 166 Å². The highest BCUT2D eigenvalue weighted by atomic mass is 19.4. The Morgan fingerprint density at radius 3 is 2.17 bits per heavy atom. The molecular weight excluding hydrogens is 381 g/mol. The van der Waals surface area contributed by atoms with Crippen LogP contribution in [-0.4, -0.2) is 13.1 Å². The van der Waals surface area contributed by atoms with Gasteiger partial charge in [0.25, 0.3) is 0 Å². The molecule has 29 heavy (non-hydrogen) atoms. The summed E-state index contributed by atoms with van der Waals surface area (Å²) in [7, 11) is 1.30. The van der Waals surface area contributed by atoms with E-state index in [1.165, 1.54) is 19.2 Å². The third-order valence-electron chi connectivity index (χ3n) is 4.34. The molecule has 0 aliphatic heterocycles. The standard InChI is InChI=1S/C23H19F3O3/c1-28-22(27)13-17-11-19(18-7-9-20(10-8-18)23(24,25)26)14-21(12-17)29-15-16-5-3-2-4-6-16/h2-12,14H,13,15H2,1H3. The maximum absolute atomic E-state index is 12.8. The van der Waals surface area contributed by atoms with Crippen molar-refractivity contribution in [2.24, 2.45) is 0 Å². The number of hydrogen-bond acceptors (Lipinski definition) is 3. The summed E-state index contributed by atoms with van der Waals surface area (Å²) in [5, 5.41) is 0. The molecule has 0 aliphatic carbocycles. The molecular formula is C23H19F3O3. The molecule has 6 heteroatoms. The largest absolute Gasteiger partial charge is 0.489 e. The van der Waals surface area contributed by atoms with Crippen molar-refractivity contribution in [3.8, 4) is 16.9 Å². The van der Waals surface area contributed by atoms with Crippen LogP contribution >= 0.6 is 0 Å². The van der Waals surface area contributed by atoms with E-state index >= 15 is 0 Å². The Balaban J connectivity index is 1.90. The molecule has 0 radical (unpaired) electrons. The lowest BCUT2D eigenvalue weighted by Gasteiger charge is -2.12. The fourth-order valence-corrected chi connectivity index (χ4v) is 2.84. The molecule has 0 atom stereocenters. The molecule has 3 rings (SSSR count). The molecule has 3 aromatic rings. The molecule has 0 saturated heterocycles. The first-order chi connectivity index (χ1) is 13.8. The number of carbonyl (C=O) groups is 1. The van der Waals surface area contributed by atoms with Gasteiger partial charge >= 0.3 is 12.1 Å². The highest BCUT2D eigenvalue weighted by molar-refractivity contribution is 5.74. The van der Waals surface area contributed by atoms with E-state index in [4.69, 9.17) is 9.47 Å². The van der Waals surface area contributed by atoms with Gasteiger partial charge in [0.1, 0.15) is 12.4 Å². The SMILES string of the molecule is COC(=O)Cc1cc(OCc2ccccc2)cc(-c2ccc(C(F)(F)F)cc2)c1. The number of ether oxygens (including phenoxy) is 2. The third-order valence-corrected chi connectivity index (χ3v) is 4.34. The van der Waals surface area contributed by atoms with E-state index in [1.807, 2.05) is 30.3 Å². The van der Waals surface area contributed by atoms with Gasteiger partial charge in [0.2, 0.25) is 0 Å². The predicted octanol–water partition coefficient (Wildman–Crippen LogP) is 5.67. The minimum Gasteiger partial charge on any atom is -0.489 e. The zero-order valence-corrected chi connectivity index (χ0v) is 15.7. The third kappa shape index (κ3) is 5.60. The van der Waals surface area contributed by atoms with Gasteiger partial charge in [-0.1, -0.05) is 48.5 Å². The zero-order valence-electron chi connectivity index (χ0n) is 15.7. The lowest BCUT2D eigenvalue weighted by Crippen LogP contribution is -2.05. The van der Waals surface area contributed by atoms with Crippen LogP contribution in [0.3, 0.4) is 0 Å². The second kappa shape index (κ2) is 8.82. The van der Waals surface area contributed by atoms with Crippen LogP contribution in [0.4, 0.5) is 13.2 Å². The van der Waals surface area contributed by atoms with Gasteiger partial charge in [-0.2, -0.15) is 13.2 Å². The Kier molecular flexibility index (Phi) is 6.22. The molecule has 0 aromatic heterocycles. The first kappa shape index (κ1) is 20.5. The van der Waals surface area contributed by atoms with E-state index in [0.717, 1.165) is 17.7 Å². The smallest absolute Gasteiger partial charge is 0.416 e. The minimum absolute atomic E-state index is 0.0344. The topological polar surface area (TPSA) is 35.5 Å². The lowest BCUT2D eigenvalue weighted by atomic mass is 10.00. The fourth-order valence-electron chi connectivity index (χ4n) is 2.84. The van der Waals surface area contributed by atoms with E-state index in [0.29, 0.717) is 29.0 Å². The summed E-state index contributed by atoms with van der Waals surface area (Å²) >= 11 is 0. The van der Waals surface area contributed by atoms with Crippen LogP contribution in [0, 0.1) is 0 Å². The summed E-state index contributed by atoms with van der Waals surface area (Å²) in [6.45, 7) is 0.328. The Morgan fingerprint density at radius 2 is 1.55 bits per heavy atom. The van der Waals surface area contributed by atoms with Crippen molar-refractivity contribution in [2.45, 2.75) is 19.2 Å². The number of carbonyl (C=O) groups excluding carboxylic acids is 1. The molecule has 150 valence electrons. The van der Waals surface area contributed by atoms with Crippen LogP contribution < -0.4 is 4.74 Å². The highest BCUT2D eigenvalue weighted by Crippen LogP contribution is 2.32. The van der Waals surface area contributed by atoms with E-state index in [9.17, 15) is 18.0 Å². The molecule has 3 aromatic carbocycles. The summed E-state index contributed by atoms with van der Waals surface area (Å²) < 4.78 is 49.0. The number of halogens is 3. The number of hydrogen-bond donors (Lipinski definition) is 0. The average Bonchev–Trinajstić information content (AvgIpc) is 2.72. The second-order valence-corrected chi connectivity index (χ2v) is 6.47. The Morgan fingerprint density at radius 1 is 0.862 bits per heavy atom. The predicted molar refractivity (Wildman–Crippen MR) is 103 cm³/mol. The summed E-state index contributed by atoms with van der Waals surface area (Å²) in [5.74, 6) is 0.105. The van der Waals surface area contributed by atoms with Crippen LogP contribution in [0.15, 0.2) is 72.8 Å². The second-order valence-electron chi connectivity index (χ2n) is 6.47. The normalized spacial score (nSPS) is 11.2. The van der Waals surface area contributed by atoms with Gasteiger partial charge in [0, 0.05) is 0 Å². The van der Waals surface area contributed by atoms with Gasteiger partial charge in [0.05, 0.1) is 19.1 Å².